The second-order valence-corrected chi connectivity index (χ2v) is 8.52. The fourth-order valence-electron chi connectivity index (χ4n) is 4.04. The lowest BCUT2D eigenvalue weighted by molar-refractivity contribution is -0.128. The molecule has 2 heterocycles. The van der Waals surface area contributed by atoms with Crippen LogP contribution in [-0.2, 0) is 16.1 Å². The van der Waals surface area contributed by atoms with Gasteiger partial charge in [-0.25, -0.2) is 0 Å². The topological polar surface area (TPSA) is 88.3 Å². The zero-order valence-corrected chi connectivity index (χ0v) is 18.8. The van der Waals surface area contributed by atoms with Crippen molar-refractivity contribution in [3.05, 3.63) is 90.0 Å². The van der Waals surface area contributed by atoms with Crippen molar-refractivity contribution >= 4 is 17.5 Å². The molecular formula is C27H24N4O3. The number of hydrogen-bond acceptors (Lipinski definition) is 5. The van der Waals surface area contributed by atoms with Gasteiger partial charge in [-0.1, -0.05) is 71.4 Å². The maximum Gasteiger partial charge on any atom is 0.258 e. The Morgan fingerprint density at radius 2 is 1.82 bits per heavy atom. The van der Waals surface area contributed by atoms with E-state index in [1.807, 2.05) is 73.7 Å². The predicted octanol–water partition coefficient (Wildman–Crippen LogP) is 4.70. The number of nitrogens with one attached hydrogen (secondary N) is 1. The lowest BCUT2D eigenvalue weighted by Crippen LogP contribution is -2.28. The van der Waals surface area contributed by atoms with Gasteiger partial charge in [0.2, 0.25) is 17.6 Å². The van der Waals surface area contributed by atoms with Gasteiger partial charge in [0.15, 0.2) is 0 Å². The number of aryl methyl sites for hydroxylation is 1. The van der Waals surface area contributed by atoms with Crippen LogP contribution < -0.4 is 5.32 Å². The summed E-state index contributed by atoms with van der Waals surface area (Å²) in [7, 11) is 0. The summed E-state index contributed by atoms with van der Waals surface area (Å²) in [5, 5.41) is 7.02. The average Bonchev–Trinajstić information content (AvgIpc) is 3.48. The molecule has 0 radical (unpaired) electrons. The minimum absolute atomic E-state index is 0.00718. The van der Waals surface area contributed by atoms with E-state index >= 15 is 0 Å². The molecule has 0 bridgehead atoms. The van der Waals surface area contributed by atoms with E-state index in [4.69, 9.17) is 4.52 Å². The molecule has 1 saturated heterocycles. The quantitative estimate of drug-likeness (QED) is 0.458. The van der Waals surface area contributed by atoms with E-state index in [0.717, 1.165) is 16.7 Å². The highest BCUT2D eigenvalue weighted by Gasteiger charge is 2.34. The summed E-state index contributed by atoms with van der Waals surface area (Å²) in [5.74, 6) is 0.305. The minimum Gasteiger partial charge on any atom is -0.338 e. The lowest BCUT2D eigenvalue weighted by atomic mass is 10.1. The molecule has 4 aromatic rings. The molecule has 1 unspecified atom stereocenters. The smallest absolute Gasteiger partial charge is 0.258 e. The van der Waals surface area contributed by atoms with Crippen molar-refractivity contribution in [3.8, 4) is 22.8 Å². The van der Waals surface area contributed by atoms with Crippen LogP contribution in [-0.4, -0.2) is 33.4 Å². The fraction of sp³-hybridized carbons (Fsp3) is 0.185. The van der Waals surface area contributed by atoms with E-state index in [0.29, 0.717) is 36.1 Å². The molecule has 0 saturated carbocycles. The highest BCUT2D eigenvalue weighted by molar-refractivity contribution is 5.97. The highest BCUT2D eigenvalue weighted by Crippen LogP contribution is 2.26. The first-order chi connectivity index (χ1) is 16.5. The van der Waals surface area contributed by atoms with E-state index < -0.39 is 5.92 Å². The van der Waals surface area contributed by atoms with Gasteiger partial charge in [0, 0.05) is 36.3 Å². The Bertz CT molecular complexity index is 1320. The highest BCUT2D eigenvalue weighted by atomic mass is 16.5. The fourth-order valence-corrected chi connectivity index (χ4v) is 4.04. The number of aromatic nitrogens is 2. The number of hydrogen-bond donors (Lipinski definition) is 1. The van der Waals surface area contributed by atoms with E-state index in [1.165, 1.54) is 0 Å². The van der Waals surface area contributed by atoms with Crippen LogP contribution in [0.4, 0.5) is 5.69 Å². The van der Waals surface area contributed by atoms with Crippen LogP contribution in [0.1, 0.15) is 17.5 Å². The SMILES string of the molecule is Cc1ccc(-c2noc(-c3cccc(NC(=O)C4CC(=O)N(Cc5ccccc5)C4)c3)n2)cc1. The molecule has 0 spiro atoms. The van der Waals surface area contributed by atoms with Crippen molar-refractivity contribution in [2.75, 3.05) is 11.9 Å². The zero-order chi connectivity index (χ0) is 23.5. The number of rotatable bonds is 6. The summed E-state index contributed by atoms with van der Waals surface area (Å²) < 4.78 is 5.45. The Balaban J connectivity index is 1.25. The monoisotopic (exact) mass is 452 g/mol. The summed E-state index contributed by atoms with van der Waals surface area (Å²) in [6, 6.07) is 25.0. The third-order valence-electron chi connectivity index (χ3n) is 5.91. The number of benzene rings is 3. The van der Waals surface area contributed by atoms with Gasteiger partial charge in [0.1, 0.15) is 0 Å². The molecule has 1 atom stereocenters. The third-order valence-corrected chi connectivity index (χ3v) is 5.91. The summed E-state index contributed by atoms with van der Waals surface area (Å²) in [6.07, 6.45) is 0.210. The molecule has 1 N–H and O–H groups in total. The number of likely N-dealkylation sites (tertiary alicyclic amines) is 1. The number of amides is 2. The van der Waals surface area contributed by atoms with Crippen molar-refractivity contribution < 1.29 is 14.1 Å². The largest absolute Gasteiger partial charge is 0.338 e. The van der Waals surface area contributed by atoms with E-state index in [2.05, 4.69) is 15.5 Å². The Morgan fingerprint density at radius 3 is 2.62 bits per heavy atom. The molecule has 2 amide bonds. The summed E-state index contributed by atoms with van der Waals surface area (Å²) in [6.45, 7) is 2.94. The van der Waals surface area contributed by atoms with Crippen LogP contribution in [0.3, 0.4) is 0 Å². The number of nitrogens with zero attached hydrogens (tertiary/aromatic N) is 3. The van der Waals surface area contributed by atoms with Crippen LogP contribution in [0.15, 0.2) is 83.4 Å². The molecule has 34 heavy (non-hydrogen) atoms. The molecule has 1 aliphatic rings. The van der Waals surface area contributed by atoms with E-state index in [-0.39, 0.29) is 18.2 Å². The first kappa shape index (κ1) is 21.6. The zero-order valence-electron chi connectivity index (χ0n) is 18.8. The van der Waals surface area contributed by atoms with Crippen molar-refractivity contribution in [1.82, 2.24) is 15.0 Å². The van der Waals surface area contributed by atoms with Gasteiger partial charge in [0.25, 0.3) is 5.89 Å². The molecule has 170 valence electrons. The molecule has 3 aromatic carbocycles. The number of anilines is 1. The lowest BCUT2D eigenvalue weighted by Gasteiger charge is -2.16. The van der Waals surface area contributed by atoms with Gasteiger partial charge in [-0.2, -0.15) is 4.98 Å². The summed E-state index contributed by atoms with van der Waals surface area (Å²) in [5.41, 5.74) is 4.40. The third kappa shape index (κ3) is 4.73. The Labute approximate surface area is 197 Å². The predicted molar refractivity (Wildman–Crippen MR) is 129 cm³/mol. The molecule has 7 nitrogen and oxygen atoms in total. The molecule has 0 aliphatic carbocycles. The van der Waals surface area contributed by atoms with E-state index in [1.54, 1.807) is 17.0 Å². The number of carbonyl (C=O) groups excluding carboxylic acids is 2. The van der Waals surface area contributed by atoms with Crippen LogP contribution in [0.25, 0.3) is 22.8 Å². The number of carbonyl (C=O) groups is 2. The maximum absolute atomic E-state index is 12.9. The normalized spacial score (nSPS) is 15.5. The van der Waals surface area contributed by atoms with Crippen molar-refractivity contribution in [2.24, 2.45) is 5.92 Å². The molecule has 1 aromatic heterocycles. The van der Waals surface area contributed by atoms with Gasteiger partial charge in [0.05, 0.1) is 5.92 Å². The van der Waals surface area contributed by atoms with Crippen molar-refractivity contribution in [3.63, 3.8) is 0 Å². The molecular weight excluding hydrogens is 428 g/mol. The van der Waals surface area contributed by atoms with Crippen molar-refractivity contribution in [2.45, 2.75) is 19.9 Å². The van der Waals surface area contributed by atoms with Gasteiger partial charge in [-0.3, -0.25) is 9.59 Å². The van der Waals surface area contributed by atoms with Gasteiger partial charge in [-0.05, 0) is 30.7 Å². The Hall–Kier alpha value is -4.26. The van der Waals surface area contributed by atoms with Crippen LogP contribution >= 0.6 is 0 Å². The second kappa shape index (κ2) is 9.31. The first-order valence-electron chi connectivity index (χ1n) is 11.2. The minimum atomic E-state index is -0.392. The van der Waals surface area contributed by atoms with Crippen molar-refractivity contribution in [1.29, 1.82) is 0 Å². The maximum atomic E-state index is 12.9. The van der Waals surface area contributed by atoms with Gasteiger partial charge >= 0.3 is 0 Å². The van der Waals surface area contributed by atoms with Crippen LogP contribution in [0, 0.1) is 12.8 Å². The van der Waals surface area contributed by atoms with Crippen LogP contribution in [0.2, 0.25) is 0 Å². The molecule has 7 heteroatoms. The van der Waals surface area contributed by atoms with Crippen LogP contribution in [0.5, 0.6) is 0 Å². The molecule has 5 rings (SSSR count). The summed E-state index contributed by atoms with van der Waals surface area (Å²) in [4.78, 5) is 31.6. The molecule has 1 fully saturated rings. The Kier molecular flexibility index (Phi) is 5.91. The summed E-state index contributed by atoms with van der Waals surface area (Å²) >= 11 is 0. The van der Waals surface area contributed by atoms with E-state index in [9.17, 15) is 9.59 Å². The first-order valence-corrected chi connectivity index (χ1v) is 11.2. The Morgan fingerprint density at radius 1 is 1.03 bits per heavy atom. The molecule has 1 aliphatic heterocycles. The standard InChI is InChI=1S/C27H24N4O3/c1-18-10-12-20(13-11-18)25-29-27(34-30-25)21-8-5-9-23(14-21)28-26(33)22-15-24(32)31(17-22)16-19-6-3-2-4-7-19/h2-14,22H,15-17H2,1H3,(H,28,33). The van der Waals surface area contributed by atoms with Gasteiger partial charge in [-0.15, -0.1) is 0 Å². The van der Waals surface area contributed by atoms with Gasteiger partial charge < -0.3 is 14.7 Å². The average molecular weight is 453 g/mol. The second-order valence-electron chi connectivity index (χ2n) is 8.52.